The van der Waals surface area contributed by atoms with Crippen LogP contribution >= 0.6 is 0 Å². The van der Waals surface area contributed by atoms with Gasteiger partial charge in [-0.3, -0.25) is 0 Å². The smallest absolute Gasteiger partial charge is 0.0897 e. The standard InChI is InChI=1S/C13H27NO4/c1-17-6-7-18-9-12(16)8-14-10-13(11-15)4-2-3-5-13/h12,14-16H,2-11H2,1H3. The fourth-order valence-corrected chi connectivity index (χ4v) is 2.44. The van der Waals surface area contributed by atoms with Crippen molar-refractivity contribution in [2.24, 2.45) is 5.41 Å². The Kier molecular flexibility index (Phi) is 7.77. The number of ether oxygens (including phenoxy) is 2. The minimum Gasteiger partial charge on any atom is -0.396 e. The van der Waals surface area contributed by atoms with Gasteiger partial charge in [-0.2, -0.15) is 0 Å². The lowest BCUT2D eigenvalue weighted by Crippen LogP contribution is -2.39. The van der Waals surface area contributed by atoms with E-state index in [9.17, 15) is 10.2 Å². The van der Waals surface area contributed by atoms with Crippen molar-refractivity contribution in [2.75, 3.05) is 46.6 Å². The Morgan fingerprint density at radius 2 is 2.00 bits per heavy atom. The summed E-state index contributed by atoms with van der Waals surface area (Å²) in [6.07, 6.45) is 4.06. The summed E-state index contributed by atoms with van der Waals surface area (Å²) in [5.41, 5.74) is 0.0383. The normalized spacial score (nSPS) is 20.2. The molecule has 0 amide bonds. The van der Waals surface area contributed by atoms with Crippen molar-refractivity contribution in [3.63, 3.8) is 0 Å². The Morgan fingerprint density at radius 3 is 2.61 bits per heavy atom. The molecule has 0 bridgehead atoms. The van der Waals surface area contributed by atoms with Crippen LogP contribution < -0.4 is 5.32 Å². The van der Waals surface area contributed by atoms with Crippen molar-refractivity contribution in [1.29, 1.82) is 0 Å². The van der Waals surface area contributed by atoms with Crippen LogP contribution in [0.2, 0.25) is 0 Å². The third-order valence-electron chi connectivity index (χ3n) is 3.62. The summed E-state index contributed by atoms with van der Waals surface area (Å²) in [7, 11) is 1.62. The largest absolute Gasteiger partial charge is 0.396 e. The summed E-state index contributed by atoms with van der Waals surface area (Å²) in [4.78, 5) is 0. The lowest BCUT2D eigenvalue weighted by Gasteiger charge is -2.27. The lowest BCUT2D eigenvalue weighted by molar-refractivity contribution is 0.0121. The van der Waals surface area contributed by atoms with Crippen LogP contribution in [0.1, 0.15) is 25.7 Å². The molecule has 3 N–H and O–H groups in total. The molecule has 0 aromatic rings. The van der Waals surface area contributed by atoms with Gasteiger partial charge in [0.1, 0.15) is 0 Å². The van der Waals surface area contributed by atoms with Crippen molar-refractivity contribution in [3.8, 4) is 0 Å². The Labute approximate surface area is 109 Å². The third-order valence-corrected chi connectivity index (χ3v) is 3.62. The van der Waals surface area contributed by atoms with Gasteiger partial charge < -0.3 is 25.0 Å². The Morgan fingerprint density at radius 1 is 1.28 bits per heavy atom. The molecule has 1 saturated carbocycles. The highest BCUT2D eigenvalue weighted by molar-refractivity contribution is 4.86. The zero-order valence-corrected chi connectivity index (χ0v) is 11.4. The van der Waals surface area contributed by atoms with E-state index in [1.807, 2.05) is 0 Å². The number of rotatable bonds is 10. The topological polar surface area (TPSA) is 71.0 Å². The quantitative estimate of drug-likeness (QED) is 0.488. The van der Waals surface area contributed by atoms with Crippen molar-refractivity contribution < 1.29 is 19.7 Å². The molecular formula is C13H27NO4. The van der Waals surface area contributed by atoms with Crippen molar-refractivity contribution in [2.45, 2.75) is 31.8 Å². The van der Waals surface area contributed by atoms with Crippen LogP contribution in [-0.4, -0.2) is 62.9 Å². The van der Waals surface area contributed by atoms with Crippen LogP contribution in [-0.2, 0) is 9.47 Å². The van der Waals surface area contributed by atoms with Gasteiger partial charge in [-0.1, -0.05) is 12.8 Å². The van der Waals surface area contributed by atoms with E-state index in [1.54, 1.807) is 7.11 Å². The maximum absolute atomic E-state index is 9.69. The molecule has 0 aliphatic heterocycles. The summed E-state index contributed by atoms with van der Waals surface area (Å²) < 4.78 is 10.1. The zero-order chi connectivity index (χ0) is 13.3. The second-order valence-electron chi connectivity index (χ2n) is 5.22. The molecule has 1 unspecified atom stereocenters. The SMILES string of the molecule is COCCOCC(O)CNCC1(CO)CCCC1. The number of nitrogens with one attached hydrogen (secondary N) is 1. The Bertz CT molecular complexity index is 207. The summed E-state index contributed by atoms with van der Waals surface area (Å²) >= 11 is 0. The van der Waals surface area contributed by atoms with E-state index in [-0.39, 0.29) is 12.0 Å². The number of hydrogen-bond acceptors (Lipinski definition) is 5. The molecule has 1 aliphatic carbocycles. The molecule has 5 heteroatoms. The van der Waals surface area contributed by atoms with Crippen LogP contribution in [0.25, 0.3) is 0 Å². The molecule has 1 rings (SSSR count). The van der Waals surface area contributed by atoms with Gasteiger partial charge in [0, 0.05) is 32.2 Å². The van der Waals surface area contributed by atoms with E-state index in [0.717, 1.165) is 19.4 Å². The van der Waals surface area contributed by atoms with E-state index in [2.05, 4.69) is 5.32 Å². The van der Waals surface area contributed by atoms with E-state index >= 15 is 0 Å². The predicted molar refractivity (Wildman–Crippen MR) is 69.6 cm³/mol. The van der Waals surface area contributed by atoms with Crippen LogP contribution in [0.3, 0.4) is 0 Å². The third kappa shape index (κ3) is 5.63. The van der Waals surface area contributed by atoms with Crippen molar-refractivity contribution >= 4 is 0 Å². The number of aliphatic hydroxyl groups excluding tert-OH is 2. The average Bonchev–Trinajstić information content (AvgIpc) is 2.84. The van der Waals surface area contributed by atoms with Crippen LogP contribution in [0.4, 0.5) is 0 Å². The van der Waals surface area contributed by atoms with Gasteiger partial charge in [-0.05, 0) is 12.8 Å². The fourth-order valence-electron chi connectivity index (χ4n) is 2.44. The molecule has 1 fully saturated rings. The molecule has 18 heavy (non-hydrogen) atoms. The van der Waals surface area contributed by atoms with Gasteiger partial charge in [0.2, 0.25) is 0 Å². The van der Waals surface area contributed by atoms with Crippen LogP contribution in [0.5, 0.6) is 0 Å². The highest BCUT2D eigenvalue weighted by Gasteiger charge is 2.32. The molecule has 0 aromatic heterocycles. The van der Waals surface area contributed by atoms with E-state index in [1.165, 1.54) is 12.8 Å². The van der Waals surface area contributed by atoms with Crippen molar-refractivity contribution in [3.05, 3.63) is 0 Å². The molecule has 1 aliphatic rings. The molecule has 5 nitrogen and oxygen atoms in total. The second-order valence-corrected chi connectivity index (χ2v) is 5.22. The maximum Gasteiger partial charge on any atom is 0.0897 e. The Hall–Kier alpha value is -0.200. The average molecular weight is 261 g/mol. The molecule has 108 valence electrons. The van der Waals surface area contributed by atoms with Crippen molar-refractivity contribution in [1.82, 2.24) is 5.32 Å². The van der Waals surface area contributed by atoms with Gasteiger partial charge in [0.15, 0.2) is 0 Å². The number of methoxy groups -OCH3 is 1. The molecule has 0 aromatic carbocycles. The molecule has 0 heterocycles. The number of aliphatic hydroxyl groups is 2. The second kappa shape index (κ2) is 8.82. The molecule has 0 saturated heterocycles. The van der Waals surface area contributed by atoms with E-state index in [4.69, 9.17) is 9.47 Å². The first-order valence-corrected chi connectivity index (χ1v) is 6.79. The van der Waals surface area contributed by atoms with Crippen LogP contribution in [0.15, 0.2) is 0 Å². The number of hydrogen-bond donors (Lipinski definition) is 3. The lowest BCUT2D eigenvalue weighted by atomic mass is 9.87. The highest BCUT2D eigenvalue weighted by Crippen LogP contribution is 2.36. The first-order chi connectivity index (χ1) is 8.72. The molecule has 0 radical (unpaired) electrons. The van der Waals surface area contributed by atoms with Gasteiger partial charge in [-0.15, -0.1) is 0 Å². The fraction of sp³-hybridized carbons (Fsp3) is 1.00. The van der Waals surface area contributed by atoms with Gasteiger partial charge in [-0.25, -0.2) is 0 Å². The Balaban J connectivity index is 2.05. The monoisotopic (exact) mass is 261 g/mol. The van der Waals surface area contributed by atoms with Gasteiger partial charge in [0.25, 0.3) is 0 Å². The molecule has 1 atom stereocenters. The maximum atomic E-state index is 9.69. The zero-order valence-electron chi connectivity index (χ0n) is 11.4. The summed E-state index contributed by atoms with van der Waals surface area (Å²) in [6.45, 7) is 2.90. The van der Waals surface area contributed by atoms with Crippen LogP contribution in [0, 0.1) is 5.41 Å². The molecule has 0 spiro atoms. The highest BCUT2D eigenvalue weighted by atomic mass is 16.5. The van der Waals surface area contributed by atoms with Gasteiger partial charge >= 0.3 is 0 Å². The summed E-state index contributed by atoms with van der Waals surface area (Å²) in [6, 6.07) is 0. The minimum absolute atomic E-state index is 0.0383. The molecular weight excluding hydrogens is 234 g/mol. The predicted octanol–water partition coefficient (Wildman–Crippen LogP) is 0.153. The first-order valence-electron chi connectivity index (χ1n) is 6.79. The summed E-state index contributed by atoms with van der Waals surface area (Å²) in [5.74, 6) is 0. The minimum atomic E-state index is -0.501. The first kappa shape index (κ1) is 15.9. The van der Waals surface area contributed by atoms with E-state index in [0.29, 0.717) is 26.4 Å². The van der Waals surface area contributed by atoms with Gasteiger partial charge in [0.05, 0.1) is 25.9 Å². The summed E-state index contributed by atoms with van der Waals surface area (Å²) in [5, 5.41) is 22.4. The van der Waals surface area contributed by atoms with E-state index < -0.39 is 6.10 Å².